The van der Waals surface area contributed by atoms with Gasteiger partial charge < -0.3 is 5.32 Å². The van der Waals surface area contributed by atoms with E-state index in [4.69, 9.17) is 11.6 Å². The molecule has 0 saturated heterocycles. The van der Waals surface area contributed by atoms with Crippen LogP contribution in [0.1, 0.15) is 116 Å². The quantitative estimate of drug-likeness (QED) is 0.353. The van der Waals surface area contributed by atoms with Crippen LogP contribution in [0.2, 0.25) is 0 Å². The van der Waals surface area contributed by atoms with Gasteiger partial charge in [0.25, 0.3) is 5.91 Å². The molecule has 1 N–H and O–H groups in total. The van der Waals surface area contributed by atoms with E-state index in [1.807, 2.05) is 30.3 Å². The highest BCUT2D eigenvalue weighted by Crippen LogP contribution is 2.68. The predicted molar refractivity (Wildman–Crippen MR) is 156 cm³/mol. The fourth-order valence-electron chi connectivity index (χ4n) is 10.3. The summed E-state index contributed by atoms with van der Waals surface area (Å²) in [4.78, 5) is 12.9. The van der Waals surface area contributed by atoms with Gasteiger partial charge in [-0.15, -0.1) is 11.6 Å². The highest BCUT2D eigenvalue weighted by molar-refractivity contribution is 6.21. The molecule has 206 valence electrons. The molecule has 10 atom stereocenters. The Balaban J connectivity index is 1.25. The minimum absolute atomic E-state index is 0.0262. The Bertz CT molecular complexity index is 931. The van der Waals surface area contributed by atoms with Gasteiger partial charge in [0.15, 0.2) is 0 Å². The number of halogens is 1. The molecule has 4 saturated carbocycles. The second kappa shape index (κ2) is 10.9. The maximum atomic E-state index is 12.9. The molecule has 3 heteroatoms. The lowest BCUT2D eigenvalue weighted by molar-refractivity contribution is -0.116. The van der Waals surface area contributed by atoms with Gasteiger partial charge in [-0.2, -0.15) is 0 Å². The topological polar surface area (TPSA) is 29.1 Å². The molecule has 0 spiro atoms. The molecular weight excluding hydrogens is 474 g/mol. The highest BCUT2D eigenvalue weighted by atomic mass is 35.5. The number of nitrogens with one attached hydrogen (secondary N) is 1. The molecule has 0 radical (unpaired) electrons. The number of carbonyl (C=O) groups is 1. The molecule has 5 rings (SSSR count). The Morgan fingerprint density at radius 3 is 2.43 bits per heavy atom. The second-order valence-corrected chi connectivity index (χ2v) is 15.1. The molecular formula is C34H52ClNO. The Hall–Kier alpha value is -1.02. The number of alkyl halides is 1. The lowest BCUT2D eigenvalue weighted by atomic mass is 9.44. The Kier molecular flexibility index (Phi) is 8.09. The smallest absolute Gasteiger partial charge is 0.251 e. The predicted octanol–water partition coefficient (Wildman–Crippen LogP) is 9.12. The first-order chi connectivity index (χ1) is 17.6. The first kappa shape index (κ1) is 27.5. The number of hydrogen-bond acceptors (Lipinski definition) is 1. The van der Waals surface area contributed by atoms with Crippen LogP contribution in [0.5, 0.6) is 0 Å². The maximum Gasteiger partial charge on any atom is 0.251 e. The zero-order valence-electron chi connectivity index (χ0n) is 24.1. The molecule has 1 amide bonds. The maximum absolute atomic E-state index is 12.9. The van der Waals surface area contributed by atoms with Crippen LogP contribution >= 0.6 is 11.6 Å². The van der Waals surface area contributed by atoms with E-state index in [9.17, 15) is 4.79 Å². The van der Waals surface area contributed by atoms with Gasteiger partial charge in [0.2, 0.25) is 0 Å². The lowest BCUT2D eigenvalue weighted by Crippen LogP contribution is -2.58. The SMILES string of the molecule is CC(C)CCC[C@@H](C)[C@H]1CC[C@H]2[C@@H]3CC[C@H]4C[C@H](NC(=O)c5ccccc5)[C@@H](Cl)C[C@]4(C)[C@H]3CC[C@]12C. The lowest BCUT2D eigenvalue weighted by Gasteiger charge is -2.62. The van der Waals surface area contributed by atoms with Crippen molar-refractivity contribution >= 4 is 17.5 Å². The summed E-state index contributed by atoms with van der Waals surface area (Å²) in [5.74, 6) is 5.93. The van der Waals surface area contributed by atoms with E-state index >= 15 is 0 Å². The molecule has 4 aliphatic rings. The van der Waals surface area contributed by atoms with Crippen LogP contribution < -0.4 is 5.32 Å². The number of carbonyl (C=O) groups excluding carboxylic acids is 1. The van der Waals surface area contributed by atoms with Gasteiger partial charge in [0.05, 0.1) is 5.38 Å². The second-order valence-electron chi connectivity index (χ2n) is 14.6. The van der Waals surface area contributed by atoms with E-state index < -0.39 is 0 Å². The summed E-state index contributed by atoms with van der Waals surface area (Å²) in [5, 5.41) is 3.35. The minimum atomic E-state index is 0.0262. The van der Waals surface area contributed by atoms with Crippen LogP contribution in [0.25, 0.3) is 0 Å². The van der Waals surface area contributed by atoms with E-state index in [0.717, 1.165) is 53.9 Å². The molecule has 1 aromatic rings. The van der Waals surface area contributed by atoms with Crippen molar-refractivity contribution in [1.82, 2.24) is 5.32 Å². The molecule has 0 heterocycles. The van der Waals surface area contributed by atoms with E-state index in [1.54, 1.807) is 0 Å². The van der Waals surface area contributed by atoms with Gasteiger partial charge in [0, 0.05) is 11.6 Å². The van der Waals surface area contributed by atoms with Gasteiger partial charge in [-0.25, -0.2) is 0 Å². The number of benzene rings is 1. The number of fused-ring (bicyclic) bond motifs is 5. The van der Waals surface area contributed by atoms with E-state index in [2.05, 4.69) is 39.9 Å². The van der Waals surface area contributed by atoms with Crippen molar-refractivity contribution < 1.29 is 4.79 Å². The van der Waals surface area contributed by atoms with Crippen molar-refractivity contribution in [3.8, 4) is 0 Å². The van der Waals surface area contributed by atoms with E-state index in [-0.39, 0.29) is 17.3 Å². The van der Waals surface area contributed by atoms with Gasteiger partial charge in [-0.05, 0) is 116 Å². The molecule has 37 heavy (non-hydrogen) atoms. The number of hydrogen-bond donors (Lipinski definition) is 1. The molecule has 1 aromatic carbocycles. The van der Waals surface area contributed by atoms with Gasteiger partial charge in [-0.3, -0.25) is 4.79 Å². The highest BCUT2D eigenvalue weighted by Gasteiger charge is 2.61. The molecule has 0 bridgehead atoms. The normalized spacial score (nSPS) is 42.0. The standard InChI is InChI=1S/C34H52ClNO/c1-22(2)10-9-11-23(3)27-16-17-28-26-15-14-25-20-31(36-32(37)24-12-7-6-8-13-24)30(35)21-34(25,5)29(26)18-19-33(27,28)4/h6-8,12-13,22-23,25-31H,9-11,14-21H2,1-5H3,(H,36,37)/t23-,25+,26+,27-,28+,29+,30+,31+,33-,34+/m1/s1. The number of rotatable bonds is 7. The third kappa shape index (κ3) is 5.15. The molecule has 0 unspecified atom stereocenters. The van der Waals surface area contributed by atoms with Crippen LogP contribution in [-0.4, -0.2) is 17.3 Å². The molecule has 4 fully saturated rings. The monoisotopic (exact) mass is 525 g/mol. The largest absolute Gasteiger partial charge is 0.348 e. The summed E-state index contributed by atoms with van der Waals surface area (Å²) in [5.41, 5.74) is 1.61. The summed E-state index contributed by atoms with van der Waals surface area (Å²) in [6.45, 7) is 12.6. The van der Waals surface area contributed by atoms with Crippen molar-refractivity contribution in [2.24, 2.45) is 52.3 Å². The summed E-state index contributed by atoms with van der Waals surface area (Å²) in [6, 6.07) is 9.71. The average molecular weight is 526 g/mol. The first-order valence-electron chi connectivity index (χ1n) is 15.6. The van der Waals surface area contributed by atoms with E-state index in [1.165, 1.54) is 57.8 Å². The zero-order chi connectivity index (χ0) is 26.4. The van der Waals surface area contributed by atoms with Crippen molar-refractivity contribution in [1.29, 1.82) is 0 Å². The average Bonchev–Trinajstić information content (AvgIpc) is 3.22. The van der Waals surface area contributed by atoms with Crippen molar-refractivity contribution in [3.05, 3.63) is 35.9 Å². The van der Waals surface area contributed by atoms with Crippen molar-refractivity contribution in [3.63, 3.8) is 0 Å². The summed E-state index contributed by atoms with van der Waals surface area (Å²) in [7, 11) is 0. The zero-order valence-corrected chi connectivity index (χ0v) is 24.9. The fraction of sp³-hybridized carbons (Fsp3) is 0.794. The Morgan fingerprint density at radius 2 is 1.70 bits per heavy atom. The van der Waals surface area contributed by atoms with Crippen molar-refractivity contribution in [2.75, 3.05) is 0 Å². The fourth-order valence-corrected chi connectivity index (χ4v) is 10.8. The molecule has 2 nitrogen and oxygen atoms in total. The Labute approximate surface area is 232 Å². The third-order valence-corrected chi connectivity index (χ3v) is 12.7. The molecule has 0 aromatic heterocycles. The summed E-state index contributed by atoms with van der Waals surface area (Å²) >= 11 is 7.11. The van der Waals surface area contributed by atoms with Gasteiger partial charge in [0.1, 0.15) is 0 Å². The summed E-state index contributed by atoms with van der Waals surface area (Å²) < 4.78 is 0. The van der Waals surface area contributed by atoms with Crippen molar-refractivity contribution in [2.45, 2.75) is 117 Å². The first-order valence-corrected chi connectivity index (χ1v) is 16.1. The molecule has 4 aliphatic carbocycles. The third-order valence-electron chi connectivity index (χ3n) is 12.2. The molecule has 0 aliphatic heterocycles. The van der Waals surface area contributed by atoms with E-state index in [0.29, 0.717) is 16.7 Å². The van der Waals surface area contributed by atoms with Crippen LogP contribution in [0.4, 0.5) is 0 Å². The van der Waals surface area contributed by atoms with Gasteiger partial charge in [-0.1, -0.05) is 72.1 Å². The van der Waals surface area contributed by atoms with Gasteiger partial charge >= 0.3 is 0 Å². The van der Waals surface area contributed by atoms with Crippen LogP contribution in [0.3, 0.4) is 0 Å². The van der Waals surface area contributed by atoms with Crippen LogP contribution in [-0.2, 0) is 0 Å². The summed E-state index contributed by atoms with van der Waals surface area (Å²) in [6.07, 6.45) is 14.7. The van der Waals surface area contributed by atoms with Crippen LogP contribution in [0, 0.1) is 52.3 Å². The number of amides is 1. The van der Waals surface area contributed by atoms with Crippen LogP contribution in [0.15, 0.2) is 30.3 Å². The Morgan fingerprint density at radius 1 is 0.973 bits per heavy atom. The minimum Gasteiger partial charge on any atom is -0.348 e.